The van der Waals surface area contributed by atoms with Gasteiger partial charge in [0.25, 0.3) is 5.56 Å². The molecule has 4 rings (SSSR count). The zero-order valence-electron chi connectivity index (χ0n) is 15.7. The van der Waals surface area contributed by atoms with Gasteiger partial charge in [-0.05, 0) is 30.5 Å². The summed E-state index contributed by atoms with van der Waals surface area (Å²) in [6.45, 7) is 0.824. The smallest absolute Gasteiger partial charge is 0.407 e. The van der Waals surface area contributed by atoms with Gasteiger partial charge in [-0.15, -0.1) is 0 Å². The zero-order valence-corrected chi connectivity index (χ0v) is 16.5. The van der Waals surface area contributed by atoms with E-state index < -0.39 is 15.9 Å². The molecule has 1 fully saturated rings. The molecule has 0 bridgehead atoms. The van der Waals surface area contributed by atoms with Crippen molar-refractivity contribution in [3.8, 4) is 11.1 Å². The molecule has 0 atom stereocenters. The topological polar surface area (TPSA) is 125 Å². The van der Waals surface area contributed by atoms with Gasteiger partial charge in [0, 0.05) is 36.9 Å². The van der Waals surface area contributed by atoms with Crippen molar-refractivity contribution in [2.24, 2.45) is 0 Å². The van der Waals surface area contributed by atoms with Gasteiger partial charge in [0.05, 0.1) is 16.8 Å². The SMILES string of the molecule is CS(=O)(=O)c1ccc(-c2cnn3c(C4CCN(C(=O)O)CC4)cc(=O)[nH]c23)cc1. The first kappa shape index (κ1) is 19.2. The van der Waals surface area contributed by atoms with Gasteiger partial charge in [-0.2, -0.15) is 5.10 Å². The molecular weight excluding hydrogens is 396 g/mol. The number of rotatable bonds is 3. The van der Waals surface area contributed by atoms with Gasteiger partial charge >= 0.3 is 6.09 Å². The molecule has 152 valence electrons. The molecule has 3 aromatic rings. The summed E-state index contributed by atoms with van der Waals surface area (Å²) in [5.41, 5.74) is 2.43. The number of likely N-dealkylation sites (tertiary alicyclic amines) is 1. The largest absolute Gasteiger partial charge is 0.465 e. The number of carbonyl (C=O) groups is 1. The lowest BCUT2D eigenvalue weighted by atomic mass is 9.93. The summed E-state index contributed by atoms with van der Waals surface area (Å²) in [5, 5.41) is 13.6. The molecule has 1 saturated heterocycles. The number of hydrogen-bond donors (Lipinski definition) is 2. The average Bonchev–Trinajstić information content (AvgIpc) is 3.10. The van der Waals surface area contributed by atoms with E-state index in [9.17, 15) is 18.0 Å². The number of H-pyrrole nitrogens is 1. The van der Waals surface area contributed by atoms with Crippen LogP contribution in [0.2, 0.25) is 0 Å². The number of benzene rings is 1. The molecule has 0 aliphatic carbocycles. The number of hydrogen-bond acceptors (Lipinski definition) is 5. The Labute approximate surface area is 166 Å². The van der Waals surface area contributed by atoms with Crippen LogP contribution in [-0.2, 0) is 9.84 Å². The summed E-state index contributed by atoms with van der Waals surface area (Å²) >= 11 is 0. The summed E-state index contributed by atoms with van der Waals surface area (Å²) in [5.74, 6) is 0.0239. The molecule has 10 heteroatoms. The summed E-state index contributed by atoms with van der Waals surface area (Å²) in [6.07, 6.45) is 3.08. The Hall–Kier alpha value is -3.14. The molecule has 1 aromatic carbocycles. The molecule has 0 saturated carbocycles. The van der Waals surface area contributed by atoms with Gasteiger partial charge in [-0.1, -0.05) is 12.1 Å². The van der Waals surface area contributed by atoms with Crippen LogP contribution in [0.1, 0.15) is 24.5 Å². The fourth-order valence-corrected chi connectivity index (χ4v) is 4.39. The van der Waals surface area contributed by atoms with Crippen LogP contribution in [0.4, 0.5) is 4.79 Å². The Balaban J connectivity index is 1.73. The summed E-state index contributed by atoms with van der Waals surface area (Å²) in [6, 6.07) is 7.93. The van der Waals surface area contributed by atoms with Gasteiger partial charge in [0.1, 0.15) is 5.65 Å². The second-order valence-corrected chi connectivity index (χ2v) is 9.23. The van der Waals surface area contributed by atoms with E-state index in [0.717, 1.165) is 17.5 Å². The minimum absolute atomic E-state index is 0.0239. The highest BCUT2D eigenvalue weighted by molar-refractivity contribution is 7.90. The normalized spacial score (nSPS) is 15.7. The lowest BCUT2D eigenvalue weighted by molar-refractivity contribution is 0.131. The van der Waals surface area contributed by atoms with Gasteiger partial charge < -0.3 is 15.0 Å². The average molecular weight is 416 g/mol. The number of carboxylic acid groups (broad SMARTS) is 1. The maximum Gasteiger partial charge on any atom is 0.407 e. The van der Waals surface area contributed by atoms with Crippen molar-refractivity contribution < 1.29 is 18.3 Å². The molecule has 3 heterocycles. The van der Waals surface area contributed by atoms with E-state index >= 15 is 0 Å². The molecule has 1 aliphatic heterocycles. The Bertz CT molecular complexity index is 1240. The molecule has 0 spiro atoms. The fourth-order valence-electron chi connectivity index (χ4n) is 3.76. The Morgan fingerprint density at radius 2 is 1.86 bits per heavy atom. The second-order valence-electron chi connectivity index (χ2n) is 7.22. The molecule has 29 heavy (non-hydrogen) atoms. The van der Waals surface area contributed by atoms with E-state index in [2.05, 4.69) is 10.1 Å². The van der Waals surface area contributed by atoms with Crippen LogP contribution in [0.3, 0.4) is 0 Å². The number of aromatic amines is 1. The van der Waals surface area contributed by atoms with Gasteiger partial charge in [0.15, 0.2) is 9.84 Å². The quantitative estimate of drug-likeness (QED) is 0.672. The number of amides is 1. The van der Waals surface area contributed by atoms with Crippen molar-refractivity contribution in [2.75, 3.05) is 19.3 Å². The molecule has 1 aliphatic rings. The van der Waals surface area contributed by atoms with Crippen molar-refractivity contribution in [2.45, 2.75) is 23.7 Å². The van der Waals surface area contributed by atoms with Gasteiger partial charge in [-0.3, -0.25) is 4.79 Å². The van der Waals surface area contributed by atoms with E-state index in [1.54, 1.807) is 22.8 Å². The van der Waals surface area contributed by atoms with Crippen LogP contribution in [-0.4, -0.2) is 58.5 Å². The number of nitrogens with zero attached hydrogens (tertiary/aromatic N) is 3. The van der Waals surface area contributed by atoms with Crippen LogP contribution in [0.5, 0.6) is 0 Å². The second kappa shape index (κ2) is 7.03. The standard InChI is InChI=1S/C19H20N4O5S/c1-29(27,28)14-4-2-12(3-5-14)15-11-20-23-16(10-17(24)21-18(15)23)13-6-8-22(9-7-13)19(25)26/h2-5,10-11,13H,6-9H2,1H3,(H,21,24)(H,25,26). The predicted molar refractivity (Wildman–Crippen MR) is 106 cm³/mol. The molecule has 2 N–H and O–H groups in total. The predicted octanol–water partition coefficient (Wildman–Crippen LogP) is 1.95. The minimum Gasteiger partial charge on any atom is -0.465 e. The summed E-state index contributed by atoms with van der Waals surface area (Å²) < 4.78 is 25.0. The first-order chi connectivity index (χ1) is 13.7. The monoisotopic (exact) mass is 416 g/mol. The first-order valence-corrected chi connectivity index (χ1v) is 11.0. The van der Waals surface area contributed by atoms with Crippen molar-refractivity contribution in [3.63, 3.8) is 0 Å². The van der Waals surface area contributed by atoms with Gasteiger partial charge in [0.2, 0.25) is 0 Å². The Morgan fingerprint density at radius 3 is 2.45 bits per heavy atom. The third-order valence-electron chi connectivity index (χ3n) is 5.31. The summed E-state index contributed by atoms with van der Waals surface area (Å²) in [4.78, 5) is 27.8. The fraction of sp³-hybridized carbons (Fsp3) is 0.316. The van der Waals surface area contributed by atoms with E-state index in [4.69, 9.17) is 5.11 Å². The molecular formula is C19H20N4O5S. The van der Waals surface area contributed by atoms with E-state index in [-0.39, 0.29) is 16.4 Å². The lowest BCUT2D eigenvalue weighted by Crippen LogP contribution is -2.37. The highest BCUT2D eigenvalue weighted by Gasteiger charge is 2.26. The maximum atomic E-state index is 12.3. The number of piperidine rings is 1. The van der Waals surface area contributed by atoms with Crippen LogP contribution < -0.4 is 5.56 Å². The van der Waals surface area contributed by atoms with Crippen LogP contribution >= 0.6 is 0 Å². The molecule has 2 aromatic heterocycles. The van der Waals surface area contributed by atoms with Crippen molar-refractivity contribution >= 4 is 21.6 Å². The zero-order chi connectivity index (χ0) is 20.8. The number of aromatic nitrogens is 3. The third kappa shape index (κ3) is 3.63. The van der Waals surface area contributed by atoms with E-state index in [1.807, 2.05) is 0 Å². The van der Waals surface area contributed by atoms with Crippen LogP contribution in [0.25, 0.3) is 16.8 Å². The lowest BCUT2D eigenvalue weighted by Gasteiger charge is -2.30. The van der Waals surface area contributed by atoms with Gasteiger partial charge in [-0.25, -0.2) is 17.7 Å². The van der Waals surface area contributed by atoms with Crippen LogP contribution in [0.15, 0.2) is 46.2 Å². The summed E-state index contributed by atoms with van der Waals surface area (Å²) in [7, 11) is -3.29. The number of nitrogens with one attached hydrogen (secondary N) is 1. The Morgan fingerprint density at radius 1 is 1.21 bits per heavy atom. The highest BCUT2D eigenvalue weighted by atomic mass is 32.2. The highest BCUT2D eigenvalue weighted by Crippen LogP contribution is 2.30. The van der Waals surface area contributed by atoms with E-state index in [1.165, 1.54) is 23.1 Å². The van der Waals surface area contributed by atoms with Crippen molar-refractivity contribution in [3.05, 3.63) is 52.6 Å². The van der Waals surface area contributed by atoms with Crippen LogP contribution in [0, 0.1) is 0 Å². The number of sulfone groups is 1. The van der Waals surface area contributed by atoms with Crippen molar-refractivity contribution in [1.29, 1.82) is 0 Å². The minimum atomic E-state index is -3.29. The van der Waals surface area contributed by atoms with Crippen molar-refractivity contribution in [1.82, 2.24) is 19.5 Å². The third-order valence-corrected chi connectivity index (χ3v) is 6.44. The Kier molecular flexibility index (Phi) is 4.65. The molecule has 0 radical (unpaired) electrons. The molecule has 9 nitrogen and oxygen atoms in total. The van der Waals surface area contributed by atoms with E-state index in [0.29, 0.717) is 37.1 Å². The maximum absolute atomic E-state index is 12.3. The first-order valence-electron chi connectivity index (χ1n) is 9.13. The number of fused-ring (bicyclic) bond motifs is 1. The molecule has 1 amide bonds. The molecule has 0 unspecified atom stereocenters.